The number of carbonyl (C=O) groups is 1. The molecule has 2 rings (SSSR count). The topological polar surface area (TPSA) is 42.1 Å². The van der Waals surface area contributed by atoms with Crippen LogP contribution in [0.4, 0.5) is 0 Å². The smallest absolute Gasteiger partial charge is 0.234 e. The summed E-state index contributed by atoms with van der Waals surface area (Å²) in [5.41, 5.74) is 0. The van der Waals surface area contributed by atoms with E-state index in [4.69, 9.17) is 0 Å². The minimum atomic E-state index is 0.182. The van der Waals surface area contributed by atoms with Crippen LogP contribution in [0.1, 0.15) is 155 Å². The van der Waals surface area contributed by atoms with Crippen LogP contribution in [0.5, 0.6) is 0 Å². The van der Waals surface area contributed by atoms with Gasteiger partial charge in [-0.05, 0) is 66.1 Å². The highest BCUT2D eigenvalue weighted by molar-refractivity contribution is 5.78. The molecule has 0 aromatic heterocycles. The van der Waals surface area contributed by atoms with Gasteiger partial charge in [-0.3, -0.25) is 14.6 Å². The summed E-state index contributed by atoms with van der Waals surface area (Å²) in [6.45, 7) is 44.2. The van der Waals surface area contributed by atoms with Gasteiger partial charge in [0.05, 0.1) is 6.54 Å². The molecule has 270 valence electrons. The van der Waals surface area contributed by atoms with Gasteiger partial charge < -0.3 is 15.1 Å². The molecule has 1 amide bonds. The van der Waals surface area contributed by atoms with E-state index in [-0.39, 0.29) is 5.91 Å². The molecule has 6 nitrogen and oxygen atoms in total. The highest BCUT2D eigenvalue weighted by Gasteiger charge is 2.24. The molecule has 0 atom stereocenters. The van der Waals surface area contributed by atoms with E-state index in [0.717, 1.165) is 32.1 Å². The van der Waals surface area contributed by atoms with Crippen molar-refractivity contribution < 1.29 is 4.79 Å². The zero-order chi connectivity index (χ0) is 34.8. The van der Waals surface area contributed by atoms with E-state index in [1.54, 1.807) is 0 Å². The Morgan fingerprint density at radius 2 is 1.02 bits per heavy atom. The van der Waals surface area contributed by atoms with Crippen molar-refractivity contribution in [3.63, 3.8) is 0 Å². The van der Waals surface area contributed by atoms with E-state index in [1.807, 2.05) is 0 Å². The average molecular weight is 630 g/mol. The van der Waals surface area contributed by atoms with Crippen LogP contribution in [0.3, 0.4) is 0 Å². The summed E-state index contributed by atoms with van der Waals surface area (Å²) in [7, 11) is 0. The second-order valence-electron chi connectivity index (χ2n) is 13.1. The second-order valence-corrected chi connectivity index (χ2v) is 13.1. The zero-order valence-corrected chi connectivity index (χ0v) is 33.4. The Balaban J connectivity index is -0.000000417. The SMILES string of the molecule is CCC.CCC.CCC.CCC.CCCC.CCN1CCN(CC2CCN(CC(=O)NCCN(C(C)C)C(C)C)CC2)CC1. The van der Waals surface area contributed by atoms with Gasteiger partial charge in [-0.1, -0.05) is 115 Å². The number of piperidine rings is 1. The van der Waals surface area contributed by atoms with Crippen LogP contribution in [0, 0.1) is 5.92 Å². The van der Waals surface area contributed by atoms with Gasteiger partial charge in [0.25, 0.3) is 0 Å². The first-order valence-electron chi connectivity index (χ1n) is 19.2. The lowest BCUT2D eigenvalue weighted by atomic mass is 9.96. The van der Waals surface area contributed by atoms with Crippen LogP contribution in [-0.2, 0) is 4.79 Å². The van der Waals surface area contributed by atoms with Gasteiger partial charge in [0, 0.05) is 57.9 Å². The fraction of sp³-hybridized carbons (Fsp3) is 0.974. The van der Waals surface area contributed by atoms with Gasteiger partial charge in [0.2, 0.25) is 5.91 Å². The van der Waals surface area contributed by atoms with Crippen LogP contribution < -0.4 is 5.32 Å². The number of hydrogen-bond acceptors (Lipinski definition) is 5. The molecule has 44 heavy (non-hydrogen) atoms. The number of hydrogen-bond donors (Lipinski definition) is 1. The molecule has 0 aromatic carbocycles. The maximum atomic E-state index is 12.3. The van der Waals surface area contributed by atoms with Crippen molar-refractivity contribution in [3.05, 3.63) is 0 Å². The van der Waals surface area contributed by atoms with Crippen molar-refractivity contribution in [2.45, 2.75) is 167 Å². The first kappa shape index (κ1) is 50.2. The van der Waals surface area contributed by atoms with E-state index in [0.29, 0.717) is 18.6 Å². The van der Waals surface area contributed by atoms with Crippen molar-refractivity contribution in [3.8, 4) is 0 Å². The lowest BCUT2D eigenvalue weighted by Crippen LogP contribution is -2.49. The molecule has 0 spiro atoms. The monoisotopic (exact) mass is 630 g/mol. The minimum Gasteiger partial charge on any atom is -0.354 e. The van der Waals surface area contributed by atoms with E-state index < -0.39 is 0 Å². The highest BCUT2D eigenvalue weighted by Crippen LogP contribution is 2.19. The molecule has 6 heteroatoms. The fourth-order valence-electron chi connectivity index (χ4n) is 4.68. The van der Waals surface area contributed by atoms with Crippen LogP contribution >= 0.6 is 0 Å². The van der Waals surface area contributed by atoms with Crippen molar-refractivity contribution in [1.29, 1.82) is 0 Å². The third-order valence-electron chi connectivity index (χ3n) is 7.02. The first-order chi connectivity index (χ1) is 21.0. The lowest BCUT2D eigenvalue weighted by Gasteiger charge is -2.38. The van der Waals surface area contributed by atoms with E-state index >= 15 is 0 Å². The number of nitrogens with zero attached hydrogens (tertiary/aromatic N) is 4. The maximum absolute atomic E-state index is 12.3. The molecule has 2 saturated heterocycles. The molecule has 0 unspecified atom stereocenters. The lowest BCUT2D eigenvalue weighted by molar-refractivity contribution is -0.122. The van der Waals surface area contributed by atoms with Crippen molar-refractivity contribution in [2.75, 3.05) is 72.0 Å². The summed E-state index contributed by atoms with van der Waals surface area (Å²) in [5.74, 6) is 0.986. The number of rotatable bonds is 11. The maximum Gasteiger partial charge on any atom is 0.234 e. The molecule has 2 fully saturated rings. The molecule has 2 aliphatic heterocycles. The quantitative estimate of drug-likeness (QED) is 0.247. The Labute approximate surface area is 280 Å². The van der Waals surface area contributed by atoms with E-state index in [1.165, 1.54) is 90.6 Å². The zero-order valence-electron chi connectivity index (χ0n) is 33.4. The number of amides is 1. The van der Waals surface area contributed by atoms with Gasteiger partial charge in [-0.2, -0.15) is 0 Å². The molecule has 0 bridgehead atoms. The fourth-order valence-corrected chi connectivity index (χ4v) is 4.68. The average Bonchev–Trinajstić information content (AvgIpc) is 2.98. The molecular formula is C38H87N5O. The summed E-state index contributed by atoms with van der Waals surface area (Å²) in [6, 6.07) is 1.03. The Morgan fingerprint density at radius 3 is 1.36 bits per heavy atom. The van der Waals surface area contributed by atoms with Gasteiger partial charge in [0.15, 0.2) is 0 Å². The Bertz CT molecular complexity index is 509. The highest BCUT2D eigenvalue weighted by atomic mass is 16.2. The molecule has 0 saturated carbocycles. The van der Waals surface area contributed by atoms with Gasteiger partial charge in [-0.25, -0.2) is 0 Å². The number of unbranched alkanes of at least 4 members (excludes halogenated alkanes) is 1. The first-order valence-corrected chi connectivity index (χ1v) is 19.2. The van der Waals surface area contributed by atoms with Crippen LogP contribution in [0.25, 0.3) is 0 Å². The summed E-state index contributed by atoms with van der Waals surface area (Å²) in [5, 5.41) is 3.12. The van der Waals surface area contributed by atoms with Crippen LogP contribution in [0.2, 0.25) is 0 Å². The van der Waals surface area contributed by atoms with Crippen molar-refractivity contribution in [1.82, 2.24) is 24.9 Å². The molecular weight excluding hydrogens is 542 g/mol. The molecule has 0 radical (unpaired) electrons. The van der Waals surface area contributed by atoms with Crippen molar-refractivity contribution in [2.24, 2.45) is 5.92 Å². The molecule has 0 aliphatic carbocycles. The minimum absolute atomic E-state index is 0.182. The Kier molecular flexibility index (Phi) is 43.9. The second kappa shape index (κ2) is 38.5. The van der Waals surface area contributed by atoms with Gasteiger partial charge >= 0.3 is 0 Å². The Hall–Kier alpha value is -0.690. The van der Waals surface area contributed by atoms with Crippen molar-refractivity contribution >= 4 is 5.91 Å². The number of piperazine rings is 1. The van der Waals surface area contributed by atoms with Gasteiger partial charge in [0.1, 0.15) is 0 Å². The third kappa shape index (κ3) is 34.2. The molecule has 2 heterocycles. The summed E-state index contributed by atoms with van der Waals surface area (Å²) >= 11 is 0. The van der Waals surface area contributed by atoms with E-state index in [2.05, 4.69) is 129 Å². The number of likely N-dealkylation sites (tertiary alicyclic amines) is 1. The third-order valence-corrected chi connectivity index (χ3v) is 7.02. The number of nitrogens with one attached hydrogen (secondary N) is 1. The Morgan fingerprint density at radius 1 is 0.636 bits per heavy atom. The number of carbonyl (C=O) groups excluding carboxylic acids is 1. The summed E-state index contributed by atoms with van der Waals surface area (Å²) in [6.07, 6.45) is 10.1. The predicted molar refractivity (Wildman–Crippen MR) is 202 cm³/mol. The largest absolute Gasteiger partial charge is 0.354 e. The summed E-state index contributed by atoms with van der Waals surface area (Å²) < 4.78 is 0. The molecule has 2 aliphatic rings. The number of likely N-dealkylation sites (N-methyl/N-ethyl adjacent to an activating group) is 1. The summed E-state index contributed by atoms with van der Waals surface area (Å²) in [4.78, 5) is 22.3. The standard InChI is InChI=1S/C22H45N5O.C4H10.4C3H8/c1-6-24-13-15-26(16-14-24)17-21-7-10-25(11-8-21)18-22(28)23-9-12-27(19(2)3)20(4)5;1-3-4-2;4*1-3-2/h19-21H,6-18H2,1-5H3,(H,23,28);3-4H2,1-2H3;4*3H2,1-2H3. The van der Waals surface area contributed by atoms with E-state index in [9.17, 15) is 4.79 Å². The van der Waals surface area contributed by atoms with Gasteiger partial charge in [-0.15, -0.1) is 0 Å². The predicted octanol–water partition coefficient (Wildman–Crippen LogP) is 9.04. The van der Waals surface area contributed by atoms with Crippen LogP contribution in [-0.4, -0.2) is 110 Å². The molecule has 0 aromatic rings. The molecule has 1 N–H and O–H groups in total. The normalized spacial score (nSPS) is 15.8. The van der Waals surface area contributed by atoms with Crippen LogP contribution in [0.15, 0.2) is 0 Å².